The fourth-order valence-corrected chi connectivity index (χ4v) is 5.37. The summed E-state index contributed by atoms with van der Waals surface area (Å²) in [5, 5.41) is 2.23. The summed E-state index contributed by atoms with van der Waals surface area (Å²) in [6, 6.07) is 18.3. The van der Waals surface area contributed by atoms with Crippen molar-refractivity contribution in [2.75, 3.05) is 11.9 Å². The number of hydrogen-bond acceptors (Lipinski definition) is 4. The van der Waals surface area contributed by atoms with Gasteiger partial charge < -0.3 is 9.32 Å². The monoisotopic (exact) mass is 369 g/mol. The number of anilines is 1. The van der Waals surface area contributed by atoms with Crippen LogP contribution in [0.15, 0.2) is 59.1 Å². The third kappa shape index (κ3) is 1.96. The molecule has 0 N–H and O–H groups in total. The lowest BCUT2D eigenvalue weighted by molar-refractivity contribution is 0.131. The molecule has 0 spiro atoms. The molecule has 4 heteroatoms. The summed E-state index contributed by atoms with van der Waals surface area (Å²) < 4.78 is 6.32. The first-order valence-corrected chi connectivity index (χ1v) is 10.0. The van der Waals surface area contributed by atoms with Gasteiger partial charge in [0.05, 0.1) is 17.9 Å². The summed E-state index contributed by atoms with van der Waals surface area (Å²) in [5.74, 6) is 0. The third-order valence-corrected chi connectivity index (χ3v) is 6.83. The highest BCUT2D eigenvalue weighted by atomic mass is 16.3. The van der Waals surface area contributed by atoms with Gasteiger partial charge in [0.2, 0.25) is 5.71 Å². The van der Waals surface area contributed by atoms with Gasteiger partial charge in [-0.1, -0.05) is 36.4 Å². The first-order chi connectivity index (χ1) is 13.6. The Hall–Kier alpha value is -2.85. The zero-order chi connectivity index (χ0) is 19.0. The summed E-state index contributed by atoms with van der Waals surface area (Å²) in [6.07, 6.45) is 3.20. The highest BCUT2D eigenvalue weighted by Crippen LogP contribution is 2.53. The van der Waals surface area contributed by atoms with Crippen molar-refractivity contribution in [2.24, 2.45) is 0 Å². The maximum absolute atomic E-state index is 6.32. The Morgan fingerprint density at radius 3 is 2.57 bits per heavy atom. The standard InChI is InChI=1S/C24H23N3O/c1-14-10-11-18-19-9-6-12-25-24(19)28-23(18)22(14)27-15(2)26(3)20-13-21(27)17-8-5-4-7-16(17)20/h4-12,15,20-21H,13H2,1-3H3. The van der Waals surface area contributed by atoms with Gasteiger partial charge in [0.25, 0.3) is 0 Å². The smallest absolute Gasteiger partial charge is 0.227 e. The normalized spacial score (nSPS) is 24.2. The van der Waals surface area contributed by atoms with Gasteiger partial charge in [-0.2, -0.15) is 0 Å². The summed E-state index contributed by atoms with van der Waals surface area (Å²) in [7, 11) is 2.25. The lowest BCUT2D eigenvalue weighted by Gasteiger charge is -2.47. The average Bonchev–Trinajstić information content (AvgIpc) is 3.25. The zero-order valence-corrected chi connectivity index (χ0v) is 16.4. The number of nitrogens with zero attached hydrogens (tertiary/aromatic N) is 3. The van der Waals surface area contributed by atoms with E-state index in [0.717, 1.165) is 22.8 Å². The van der Waals surface area contributed by atoms with Gasteiger partial charge in [-0.05, 0) is 56.1 Å². The Labute approximate surface area is 164 Å². The SMILES string of the molecule is Cc1ccc2c(oc3ncccc32)c1N1C2CC(c3ccccc32)N(C)C1C. The number of pyridine rings is 1. The maximum Gasteiger partial charge on any atom is 0.227 e. The van der Waals surface area contributed by atoms with E-state index < -0.39 is 0 Å². The van der Waals surface area contributed by atoms with Crippen LogP contribution in [0.1, 0.15) is 42.1 Å². The van der Waals surface area contributed by atoms with Gasteiger partial charge in [-0.3, -0.25) is 4.90 Å². The fourth-order valence-electron chi connectivity index (χ4n) is 5.37. The molecule has 0 amide bonds. The Kier molecular flexibility index (Phi) is 3.22. The minimum absolute atomic E-state index is 0.279. The molecule has 6 rings (SSSR count). The quantitative estimate of drug-likeness (QED) is 0.439. The molecule has 2 bridgehead atoms. The lowest BCUT2D eigenvalue weighted by atomic mass is 10.0. The van der Waals surface area contributed by atoms with Gasteiger partial charge in [0, 0.05) is 23.0 Å². The topological polar surface area (TPSA) is 32.5 Å². The van der Waals surface area contributed by atoms with E-state index in [-0.39, 0.29) is 6.17 Å². The molecule has 2 aromatic heterocycles. The zero-order valence-electron chi connectivity index (χ0n) is 16.4. The van der Waals surface area contributed by atoms with Crippen LogP contribution in [0.25, 0.3) is 22.1 Å². The first kappa shape index (κ1) is 16.1. The number of aromatic nitrogens is 1. The van der Waals surface area contributed by atoms with Crippen molar-refractivity contribution in [1.29, 1.82) is 0 Å². The van der Waals surface area contributed by atoms with Crippen LogP contribution in [0.2, 0.25) is 0 Å². The number of rotatable bonds is 1. The van der Waals surface area contributed by atoms with Crippen LogP contribution in [0.4, 0.5) is 5.69 Å². The molecule has 140 valence electrons. The van der Waals surface area contributed by atoms with Crippen molar-refractivity contribution < 1.29 is 4.42 Å². The molecule has 2 aromatic carbocycles. The van der Waals surface area contributed by atoms with Gasteiger partial charge >= 0.3 is 0 Å². The van der Waals surface area contributed by atoms with E-state index >= 15 is 0 Å². The molecule has 0 radical (unpaired) electrons. The predicted molar refractivity (Wildman–Crippen MR) is 112 cm³/mol. The molecular weight excluding hydrogens is 346 g/mol. The predicted octanol–water partition coefficient (Wildman–Crippen LogP) is 5.57. The second kappa shape index (κ2) is 5.58. The second-order valence-electron chi connectivity index (χ2n) is 8.17. The van der Waals surface area contributed by atoms with Crippen molar-refractivity contribution in [3.8, 4) is 0 Å². The number of furan rings is 1. The van der Waals surface area contributed by atoms with Crippen LogP contribution >= 0.6 is 0 Å². The largest absolute Gasteiger partial charge is 0.436 e. The van der Waals surface area contributed by atoms with Crippen LogP contribution in [0.3, 0.4) is 0 Å². The summed E-state index contributed by atoms with van der Waals surface area (Å²) >= 11 is 0. The number of hydrogen-bond donors (Lipinski definition) is 0. The highest BCUT2D eigenvalue weighted by molar-refractivity contribution is 6.08. The van der Waals surface area contributed by atoms with Gasteiger partial charge in [-0.25, -0.2) is 4.98 Å². The molecule has 1 saturated heterocycles. The maximum atomic E-state index is 6.32. The van der Waals surface area contributed by atoms with Crippen LogP contribution in [0.5, 0.6) is 0 Å². The summed E-state index contributed by atoms with van der Waals surface area (Å²) in [4.78, 5) is 9.53. The van der Waals surface area contributed by atoms with E-state index in [1.54, 1.807) is 6.20 Å². The van der Waals surface area contributed by atoms with E-state index in [0.29, 0.717) is 17.8 Å². The van der Waals surface area contributed by atoms with Gasteiger partial charge in [0.1, 0.15) is 0 Å². The molecule has 1 aliphatic carbocycles. The number of aryl methyl sites for hydroxylation is 1. The van der Waals surface area contributed by atoms with E-state index in [1.807, 2.05) is 6.07 Å². The van der Waals surface area contributed by atoms with Crippen molar-refractivity contribution in [2.45, 2.75) is 38.5 Å². The highest BCUT2D eigenvalue weighted by Gasteiger charge is 2.46. The van der Waals surface area contributed by atoms with Crippen molar-refractivity contribution in [1.82, 2.24) is 9.88 Å². The fraction of sp³-hybridized carbons (Fsp3) is 0.292. The minimum Gasteiger partial charge on any atom is -0.436 e. The second-order valence-corrected chi connectivity index (χ2v) is 8.17. The van der Waals surface area contributed by atoms with Crippen LogP contribution in [-0.4, -0.2) is 23.1 Å². The van der Waals surface area contributed by atoms with Crippen LogP contribution in [-0.2, 0) is 0 Å². The molecule has 3 unspecified atom stereocenters. The third-order valence-electron chi connectivity index (χ3n) is 6.83. The van der Waals surface area contributed by atoms with E-state index in [1.165, 1.54) is 22.4 Å². The van der Waals surface area contributed by atoms with E-state index in [2.05, 4.69) is 78.1 Å². The molecule has 3 atom stereocenters. The van der Waals surface area contributed by atoms with Crippen molar-refractivity contribution in [3.05, 3.63) is 71.4 Å². The molecular formula is C24H23N3O. The molecule has 3 heterocycles. The molecule has 2 aliphatic rings. The Morgan fingerprint density at radius 2 is 1.75 bits per heavy atom. The Balaban J connectivity index is 1.64. The Bertz CT molecular complexity index is 1230. The molecule has 28 heavy (non-hydrogen) atoms. The van der Waals surface area contributed by atoms with Gasteiger partial charge in [-0.15, -0.1) is 0 Å². The van der Waals surface area contributed by atoms with E-state index in [9.17, 15) is 0 Å². The molecule has 0 saturated carbocycles. The first-order valence-electron chi connectivity index (χ1n) is 10.0. The summed E-state index contributed by atoms with van der Waals surface area (Å²) in [5.41, 5.74) is 7.04. The molecule has 1 aliphatic heterocycles. The molecule has 4 nitrogen and oxygen atoms in total. The van der Waals surface area contributed by atoms with Crippen LogP contribution in [0, 0.1) is 6.92 Å². The Morgan fingerprint density at radius 1 is 0.964 bits per heavy atom. The van der Waals surface area contributed by atoms with Crippen LogP contribution < -0.4 is 4.90 Å². The van der Waals surface area contributed by atoms with E-state index in [4.69, 9.17) is 4.42 Å². The van der Waals surface area contributed by atoms with Gasteiger partial charge in [0.15, 0.2) is 5.58 Å². The minimum atomic E-state index is 0.279. The average molecular weight is 369 g/mol. The van der Waals surface area contributed by atoms with Crippen molar-refractivity contribution >= 4 is 27.8 Å². The lowest BCUT2D eigenvalue weighted by Crippen LogP contribution is -2.50. The van der Waals surface area contributed by atoms with Crippen molar-refractivity contribution in [3.63, 3.8) is 0 Å². The summed E-state index contributed by atoms with van der Waals surface area (Å²) in [6.45, 7) is 4.50. The molecule has 1 fully saturated rings. The number of fused-ring (bicyclic) bond motifs is 8. The number of benzene rings is 2. The molecule has 4 aromatic rings.